The maximum atomic E-state index is 6.40. The maximum Gasteiger partial charge on any atom is 0.131 e. The molecule has 2 fully saturated rings. The summed E-state index contributed by atoms with van der Waals surface area (Å²) in [5.41, 5.74) is 5.10. The SMILES string of the molecule is c1cncc(-c2cccc3c2C(C2CCC4CC[C@@H]2N4)c2ccccc2O3)c1. The standard InChI is InChI=1S/C25H24N2O/c1-2-8-22-20(6-1)24(19-12-10-17-11-13-21(19)27-17)25-18(7-3-9-23(25)28-22)16-5-4-14-26-15-16/h1-9,14-15,17,19,21,24,27H,10-13H2/t17?,19?,21-,24?/m0/s1. The largest absolute Gasteiger partial charge is 0.457 e. The van der Waals surface area contributed by atoms with E-state index in [1.54, 1.807) is 0 Å². The lowest BCUT2D eigenvalue weighted by Gasteiger charge is -2.40. The second-order valence-electron chi connectivity index (χ2n) is 8.37. The van der Waals surface area contributed by atoms with Gasteiger partial charge in [-0.05, 0) is 55.4 Å². The molecule has 3 unspecified atom stereocenters. The van der Waals surface area contributed by atoms with Crippen LogP contribution >= 0.6 is 0 Å². The fourth-order valence-corrected chi connectivity index (χ4v) is 5.69. The quantitative estimate of drug-likeness (QED) is 0.647. The van der Waals surface area contributed by atoms with Crippen molar-refractivity contribution in [2.75, 3.05) is 0 Å². The van der Waals surface area contributed by atoms with Crippen LogP contribution in [0.25, 0.3) is 11.1 Å². The summed E-state index contributed by atoms with van der Waals surface area (Å²) in [7, 11) is 0. The van der Waals surface area contributed by atoms with Gasteiger partial charge in [-0.2, -0.15) is 0 Å². The Morgan fingerprint density at radius 2 is 1.75 bits per heavy atom. The van der Waals surface area contributed by atoms with Crippen LogP contribution in [0.15, 0.2) is 67.0 Å². The van der Waals surface area contributed by atoms with Crippen LogP contribution in [0.4, 0.5) is 0 Å². The number of aromatic nitrogens is 1. The molecule has 3 aliphatic rings. The first-order valence-corrected chi connectivity index (χ1v) is 10.4. The van der Waals surface area contributed by atoms with Gasteiger partial charge < -0.3 is 10.1 Å². The molecule has 0 spiro atoms. The van der Waals surface area contributed by atoms with Gasteiger partial charge in [-0.3, -0.25) is 4.98 Å². The predicted octanol–water partition coefficient (Wildman–Crippen LogP) is 5.52. The van der Waals surface area contributed by atoms with Crippen LogP contribution in [0.1, 0.15) is 42.7 Å². The van der Waals surface area contributed by atoms with Gasteiger partial charge in [0.05, 0.1) is 0 Å². The Morgan fingerprint density at radius 1 is 0.857 bits per heavy atom. The number of hydrogen-bond acceptors (Lipinski definition) is 3. The zero-order chi connectivity index (χ0) is 18.5. The molecule has 0 radical (unpaired) electrons. The average molecular weight is 368 g/mol. The molecule has 3 nitrogen and oxygen atoms in total. The number of rotatable bonds is 2. The second kappa shape index (κ2) is 6.46. The molecular formula is C25H24N2O. The highest BCUT2D eigenvalue weighted by molar-refractivity contribution is 5.73. The molecule has 4 heterocycles. The van der Waals surface area contributed by atoms with Gasteiger partial charge in [0.25, 0.3) is 0 Å². The summed E-state index contributed by atoms with van der Waals surface area (Å²) in [5, 5.41) is 3.91. The van der Waals surface area contributed by atoms with Gasteiger partial charge in [-0.1, -0.05) is 36.4 Å². The molecule has 2 saturated heterocycles. The Morgan fingerprint density at radius 3 is 2.68 bits per heavy atom. The van der Waals surface area contributed by atoms with Crippen LogP contribution in [-0.4, -0.2) is 17.1 Å². The van der Waals surface area contributed by atoms with E-state index in [9.17, 15) is 0 Å². The summed E-state index contributed by atoms with van der Waals surface area (Å²) in [4.78, 5) is 4.38. The van der Waals surface area contributed by atoms with E-state index in [0.29, 0.717) is 17.9 Å². The first-order valence-electron chi connectivity index (χ1n) is 10.4. The van der Waals surface area contributed by atoms with Crippen LogP contribution in [0, 0.1) is 5.92 Å². The highest BCUT2D eigenvalue weighted by atomic mass is 16.5. The molecule has 3 heteroatoms. The Balaban J connectivity index is 1.56. The van der Waals surface area contributed by atoms with E-state index < -0.39 is 0 Å². The summed E-state index contributed by atoms with van der Waals surface area (Å²) in [5.74, 6) is 2.97. The van der Waals surface area contributed by atoms with E-state index in [1.165, 1.54) is 47.9 Å². The number of ether oxygens (including phenoxy) is 1. The fourth-order valence-electron chi connectivity index (χ4n) is 5.69. The summed E-state index contributed by atoms with van der Waals surface area (Å²) < 4.78 is 6.40. The Hall–Kier alpha value is -2.65. The van der Waals surface area contributed by atoms with Gasteiger partial charge in [-0.25, -0.2) is 0 Å². The summed E-state index contributed by atoms with van der Waals surface area (Å²) >= 11 is 0. The van der Waals surface area contributed by atoms with Crippen molar-refractivity contribution in [3.05, 3.63) is 78.1 Å². The fraction of sp³-hybridized carbons (Fsp3) is 0.320. The number of fused-ring (bicyclic) bond motifs is 4. The smallest absolute Gasteiger partial charge is 0.131 e. The minimum absolute atomic E-state index is 0.355. The molecule has 4 atom stereocenters. The van der Waals surface area contributed by atoms with Crippen molar-refractivity contribution in [3.63, 3.8) is 0 Å². The molecule has 0 amide bonds. The Bertz CT molecular complexity index is 1020. The molecule has 3 aromatic rings. The molecule has 1 aromatic heterocycles. The molecule has 2 aromatic carbocycles. The number of nitrogens with one attached hydrogen (secondary N) is 1. The lowest BCUT2D eigenvalue weighted by molar-refractivity contribution is 0.257. The number of hydrogen-bond donors (Lipinski definition) is 1. The van der Waals surface area contributed by atoms with E-state index in [1.807, 2.05) is 18.5 Å². The van der Waals surface area contributed by atoms with E-state index in [2.05, 4.69) is 58.8 Å². The molecule has 6 rings (SSSR count). The minimum atomic E-state index is 0.355. The third-order valence-electron chi connectivity index (χ3n) is 6.89. The monoisotopic (exact) mass is 368 g/mol. The van der Waals surface area contributed by atoms with Gasteiger partial charge in [0, 0.05) is 47.1 Å². The molecule has 0 saturated carbocycles. The van der Waals surface area contributed by atoms with Crippen molar-refractivity contribution < 1.29 is 4.74 Å². The summed E-state index contributed by atoms with van der Waals surface area (Å²) in [6.45, 7) is 0. The first kappa shape index (κ1) is 16.3. The van der Waals surface area contributed by atoms with E-state index in [4.69, 9.17) is 4.74 Å². The second-order valence-corrected chi connectivity index (χ2v) is 8.37. The topological polar surface area (TPSA) is 34.2 Å². The molecular weight excluding hydrogens is 344 g/mol. The van der Waals surface area contributed by atoms with E-state index >= 15 is 0 Å². The number of benzene rings is 2. The first-order chi connectivity index (χ1) is 13.9. The normalized spacial score (nSPS) is 27.6. The van der Waals surface area contributed by atoms with Crippen LogP contribution in [0.5, 0.6) is 11.5 Å². The molecule has 1 N–H and O–H groups in total. The summed E-state index contributed by atoms with van der Waals surface area (Å²) in [6.07, 6.45) is 8.99. The number of nitrogens with zero attached hydrogens (tertiary/aromatic N) is 1. The van der Waals surface area contributed by atoms with Crippen LogP contribution in [0.3, 0.4) is 0 Å². The van der Waals surface area contributed by atoms with Crippen LogP contribution in [-0.2, 0) is 0 Å². The van der Waals surface area contributed by atoms with Gasteiger partial charge in [0.1, 0.15) is 11.5 Å². The van der Waals surface area contributed by atoms with Gasteiger partial charge in [-0.15, -0.1) is 0 Å². The van der Waals surface area contributed by atoms with Gasteiger partial charge >= 0.3 is 0 Å². The third kappa shape index (κ3) is 2.50. The van der Waals surface area contributed by atoms with Crippen LogP contribution in [0.2, 0.25) is 0 Å². The van der Waals surface area contributed by atoms with E-state index in [-0.39, 0.29) is 0 Å². The van der Waals surface area contributed by atoms with Crippen molar-refractivity contribution in [1.29, 1.82) is 0 Å². The minimum Gasteiger partial charge on any atom is -0.457 e. The van der Waals surface area contributed by atoms with Gasteiger partial charge in [0.2, 0.25) is 0 Å². The maximum absolute atomic E-state index is 6.40. The lowest BCUT2D eigenvalue weighted by Crippen LogP contribution is -2.43. The number of para-hydroxylation sites is 1. The lowest BCUT2D eigenvalue weighted by atomic mass is 9.71. The average Bonchev–Trinajstić information content (AvgIpc) is 3.14. The third-order valence-corrected chi connectivity index (χ3v) is 6.89. The highest BCUT2D eigenvalue weighted by Crippen LogP contribution is 2.54. The number of piperidine rings is 1. The van der Waals surface area contributed by atoms with Crippen molar-refractivity contribution in [2.24, 2.45) is 5.92 Å². The van der Waals surface area contributed by atoms with Crippen molar-refractivity contribution in [3.8, 4) is 22.6 Å². The Labute approximate surface area is 165 Å². The molecule has 0 aliphatic carbocycles. The predicted molar refractivity (Wildman–Crippen MR) is 111 cm³/mol. The zero-order valence-electron chi connectivity index (χ0n) is 15.8. The highest BCUT2D eigenvalue weighted by Gasteiger charge is 2.43. The number of pyridine rings is 1. The molecule has 2 bridgehead atoms. The van der Waals surface area contributed by atoms with Gasteiger partial charge in [0.15, 0.2) is 0 Å². The van der Waals surface area contributed by atoms with Crippen molar-refractivity contribution >= 4 is 0 Å². The van der Waals surface area contributed by atoms with E-state index in [0.717, 1.165) is 17.5 Å². The molecule has 140 valence electrons. The molecule has 28 heavy (non-hydrogen) atoms. The van der Waals surface area contributed by atoms with Crippen molar-refractivity contribution in [2.45, 2.75) is 43.7 Å². The van der Waals surface area contributed by atoms with Crippen LogP contribution < -0.4 is 10.1 Å². The zero-order valence-corrected chi connectivity index (χ0v) is 15.8. The van der Waals surface area contributed by atoms with Crippen molar-refractivity contribution in [1.82, 2.24) is 10.3 Å². The molecule has 3 aliphatic heterocycles. The summed E-state index contributed by atoms with van der Waals surface area (Å²) in [6, 6.07) is 20.6. The Kier molecular flexibility index (Phi) is 3.76.